The topological polar surface area (TPSA) is 87.7 Å². The summed E-state index contributed by atoms with van der Waals surface area (Å²) < 4.78 is 5.44. The Balaban J connectivity index is 1.62. The number of fused-ring (bicyclic) bond motifs is 1. The number of amides is 2. The summed E-state index contributed by atoms with van der Waals surface area (Å²) in [5, 5.41) is 5.93. The van der Waals surface area contributed by atoms with Crippen molar-refractivity contribution >= 4 is 23.5 Å². The second kappa shape index (κ2) is 9.53. The number of esters is 1. The molecule has 7 heteroatoms. The minimum absolute atomic E-state index is 0.0808. The minimum Gasteiger partial charge on any atom is -0.465 e. The maximum absolute atomic E-state index is 13.2. The molecule has 2 aliphatic rings. The number of hydrogen-bond donors (Lipinski definition) is 2. The zero-order valence-electron chi connectivity index (χ0n) is 18.4. The van der Waals surface area contributed by atoms with Crippen LogP contribution in [0.25, 0.3) is 0 Å². The number of carbonyl (C=O) groups excluding carboxylic acids is 3. The van der Waals surface area contributed by atoms with Gasteiger partial charge in [0, 0.05) is 30.1 Å². The molecule has 7 nitrogen and oxygen atoms in total. The lowest BCUT2D eigenvalue weighted by Gasteiger charge is -2.27. The van der Waals surface area contributed by atoms with Gasteiger partial charge in [0.05, 0.1) is 12.6 Å². The normalized spacial score (nSPS) is 24.6. The Kier molecular flexibility index (Phi) is 6.55. The summed E-state index contributed by atoms with van der Waals surface area (Å²) in [5.41, 5.74) is 2.17. The Morgan fingerprint density at radius 3 is 2.44 bits per heavy atom. The van der Waals surface area contributed by atoms with Crippen LogP contribution >= 0.6 is 0 Å². The van der Waals surface area contributed by atoms with Gasteiger partial charge in [-0.3, -0.25) is 19.3 Å². The van der Waals surface area contributed by atoms with E-state index >= 15 is 0 Å². The first-order valence-corrected chi connectivity index (χ1v) is 11.2. The third-order valence-electron chi connectivity index (χ3n) is 6.32. The van der Waals surface area contributed by atoms with Crippen LogP contribution in [-0.4, -0.2) is 54.0 Å². The van der Waals surface area contributed by atoms with Gasteiger partial charge in [0.2, 0.25) is 5.91 Å². The molecule has 0 spiro atoms. The third-order valence-corrected chi connectivity index (χ3v) is 6.32. The lowest BCUT2D eigenvalue weighted by molar-refractivity contribution is -0.149. The maximum Gasteiger partial charge on any atom is 0.324 e. The van der Waals surface area contributed by atoms with Crippen molar-refractivity contribution in [2.45, 2.75) is 50.7 Å². The number of hydrogen-bond acceptors (Lipinski definition) is 5. The molecule has 0 radical (unpaired) electrons. The quantitative estimate of drug-likeness (QED) is 0.682. The van der Waals surface area contributed by atoms with Crippen LogP contribution in [-0.2, 0) is 14.3 Å². The van der Waals surface area contributed by atoms with Crippen LogP contribution in [0.5, 0.6) is 0 Å². The molecule has 4 rings (SSSR count). The largest absolute Gasteiger partial charge is 0.465 e. The Labute approximate surface area is 188 Å². The predicted molar refractivity (Wildman–Crippen MR) is 121 cm³/mol. The van der Waals surface area contributed by atoms with E-state index in [0.717, 1.165) is 24.9 Å². The first kappa shape index (κ1) is 22.0. The summed E-state index contributed by atoms with van der Waals surface area (Å²) in [6, 6.07) is 16.2. The van der Waals surface area contributed by atoms with E-state index in [1.54, 1.807) is 24.3 Å². The van der Waals surface area contributed by atoms with Gasteiger partial charge in [0.15, 0.2) is 0 Å². The number of anilines is 1. The number of nitrogens with zero attached hydrogens (tertiary/aromatic N) is 1. The van der Waals surface area contributed by atoms with E-state index in [-0.39, 0.29) is 35.8 Å². The van der Waals surface area contributed by atoms with E-state index in [1.807, 2.05) is 37.3 Å². The van der Waals surface area contributed by atoms with E-state index in [9.17, 15) is 14.4 Å². The maximum atomic E-state index is 13.2. The van der Waals surface area contributed by atoms with Crippen molar-refractivity contribution in [1.82, 2.24) is 10.2 Å². The van der Waals surface area contributed by atoms with Crippen molar-refractivity contribution < 1.29 is 19.1 Å². The molecule has 4 atom stereocenters. The van der Waals surface area contributed by atoms with E-state index < -0.39 is 6.04 Å². The minimum atomic E-state index is -0.419. The highest BCUT2D eigenvalue weighted by atomic mass is 16.5. The molecule has 168 valence electrons. The van der Waals surface area contributed by atoms with Crippen molar-refractivity contribution in [2.75, 3.05) is 18.5 Å². The average Bonchev–Trinajstić information content (AvgIpc) is 3.36. The molecule has 0 bridgehead atoms. The molecule has 2 amide bonds. The van der Waals surface area contributed by atoms with Crippen LogP contribution in [0.4, 0.5) is 5.69 Å². The van der Waals surface area contributed by atoms with Gasteiger partial charge in [0.25, 0.3) is 5.91 Å². The first-order chi connectivity index (χ1) is 15.5. The zero-order chi connectivity index (χ0) is 22.7. The zero-order valence-corrected chi connectivity index (χ0v) is 18.4. The summed E-state index contributed by atoms with van der Waals surface area (Å²) in [6.45, 7) is 4.40. The van der Waals surface area contributed by atoms with Crippen LogP contribution in [0.15, 0.2) is 54.6 Å². The molecule has 32 heavy (non-hydrogen) atoms. The Morgan fingerprint density at radius 1 is 1.06 bits per heavy atom. The van der Waals surface area contributed by atoms with Crippen LogP contribution in [0.2, 0.25) is 0 Å². The number of carbonyl (C=O) groups is 3. The van der Waals surface area contributed by atoms with Gasteiger partial charge < -0.3 is 15.4 Å². The third kappa shape index (κ3) is 4.39. The standard InChI is InChI=1S/C25H29N3O4/c1-3-32-25(31)23-21(17-8-5-4-6-9-17)22(20-10-7-15-28(20)23)27-24(30)18-11-13-19(14-12-18)26-16(2)29/h4-6,8-9,11-14,20-23H,3,7,10,15H2,1-2H3,(H,26,29)(H,27,30)/t20-,21-,22+,23+/m1/s1. The lowest BCUT2D eigenvalue weighted by atomic mass is 9.85. The SMILES string of the molecule is CCOC(=O)[C@@H]1[C@H](c2ccccc2)[C@@H](NC(=O)c2ccc(NC(C)=O)cc2)[C@H]2CCCN21. The number of rotatable bonds is 6. The van der Waals surface area contributed by atoms with Gasteiger partial charge in [-0.15, -0.1) is 0 Å². The monoisotopic (exact) mass is 435 g/mol. The summed E-state index contributed by atoms with van der Waals surface area (Å²) in [6.07, 6.45) is 1.91. The van der Waals surface area contributed by atoms with Crippen LogP contribution in [0.3, 0.4) is 0 Å². The highest BCUT2D eigenvalue weighted by Gasteiger charge is 2.55. The van der Waals surface area contributed by atoms with Crippen LogP contribution in [0.1, 0.15) is 48.5 Å². The predicted octanol–water partition coefficient (Wildman–Crippen LogP) is 2.94. The molecule has 0 unspecified atom stereocenters. The van der Waals surface area contributed by atoms with E-state index in [4.69, 9.17) is 4.74 Å². The fraction of sp³-hybridized carbons (Fsp3) is 0.400. The van der Waals surface area contributed by atoms with E-state index in [0.29, 0.717) is 17.9 Å². The van der Waals surface area contributed by atoms with Crippen LogP contribution in [0, 0.1) is 0 Å². The number of ether oxygens (including phenoxy) is 1. The van der Waals surface area contributed by atoms with E-state index in [2.05, 4.69) is 15.5 Å². The first-order valence-electron chi connectivity index (χ1n) is 11.2. The number of nitrogens with one attached hydrogen (secondary N) is 2. The fourth-order valence-corrected chi connectivity index (χ4v) is 5.09. The summed E-state index contributed by atoms with van der Waals surface area (Å²) in [4.78, 5) is 39.6. The Morgan fingerprint density at radius 2 is 1.78 bits per heavy atom. The van der Waals surface area contributed by atoms with Crippen molar-refractivity contribution in [3.05, 3.63) is 65.7 Å². The van der Waals surface area contributed by atoms with Gasteiger partial charge in [-0.05, 0) is 56.1 Å². The molecule has 0 aromatic heterocycles. The molecule has 2 saturated heterocycles. The van der Waals surface area contributed by atoms with E-state index in [1.165, 1.54) is 6.92 Å². The summed E-state index contributed by atoms with van der Waals surface area (Å²) >= 11 is 0. The second-order valence-electron chi connectivity index (χ2n) is 8.34. The molecule has 2 N–H and O–H groups in total. The number of benzene rings is 2. The Bertz CT molecular complexity index is 976. The molecular formula is C25H29N3O4. The van der Waals surface area contributed by atoms with Crippen LogP contribution < -0.4 is 10.6 Å². The Hall–Kier alpha value is -3.19. The molecule has 2 fully saturated rings. The van der Waals surface area contributed by atoms with Crippen molar-refractivity contribution in [3.8, 4) is 0 Å². The fourth-order valence-electron chi connectivity index (χ4n) is 5.09. The van der Waals surface area contributed by atoms with Crippen molar-refractivity contribution in [3.63, 3.8) is 0 Å². The molecule has 2 aromatic carbocycles. The van der Waals surface area contributed by atoms with Gasteiger partial charge in [0.1, 0.15) is 6.04 Å². The lowest BCUT2D eigenvalue weighted by Crippen LogP contribution is -2.44. The van der Waals surface area contributed by atoms with Crippen molar-refractivity contribution in [2.24, 2.45) is 0 Å². The molecule has 2 aromatic rings. The molecule has 0 saturated carbocycles. The highest BCUT2D eigenvalue weighted by Crippen LogP contribution is 2.43. The molecule has 2 heterocycles. The van der Waals surface area contributed by atoms with Gasteiger partial charge in [-0.2, -0.15) is 0 Å². The molecular weight excluding hydrogens is 406 g/mol. The van der Waals surface area contributed by atoms with Crippen molar-refractivity contribution in [1.29, 1.82) is 0 Å². The highest BCUT2D eigenvalue weighted by molar-refractivity contribution is 5.96. The summed E-state index contributed by atoms with van der Waals surface area (Å²) in [5.74, 6) is -0.778. The smallest absolute Gasteiger partial charge is 0.324 e. The second-order valence-corrected chi connectivity index (χ2v) is 8.34. The van der Waals surface area contributed by atoms with Gasteiger partial charge in [-0.1, -0.05) is 30.3 Å². The van der Waals surface area contributed by atoms with Gasteiger partial charge in [-0.25, -0.2) is 0 Å². The molecule has 2 aliphatic heterocycles. The van der Waals surface area contributed by atoms with Gasteiger partial charge >= 0.3 is 5.97 Å². The summed E-state index contributed by atoms with van der Waals surface area (Å²) in [7, 11) is 0. The average molecular weight is 436 g/mol. The molecule has 0 aliphatic carbocycles.